The summed E-state index contributed by atoms with van der Waals surface area (Å²) in [5.74, 6) is -0.244. The Morgan fingerprint density at radius 1 is 1.29 bits per heavy atom. The molecule has 0 spiro atoms. The second-order valence-electron chi connectivity index (χ2n) is 5.49. The number of carbonyl (C=O) groups excluding carboxylic acids is 1. The summed E-state index contributed by atoms with van der Waals surface area (Å²) in [5.41, 5.74) is 0.838. The summed E-state index contributed by atoms with van der Waals surface area (Å²) in [6.45, 7) is 1.85. The summed E-state index contributed by atoms with van der Waals surface area (Å²) < 4.78 is 1.56. The summed E-state index contributed by atoms with van der Waals surface area (Å²) in [6.07, 6.45) is 1.36. The van der Waals surface area contributed by atoms with Crippen LogP contribution in [-0.2, 0) is 0 Å². The van der Waals surface area contributed by atoms with Crippen molar-refractivity contribution in [3.63, 3.8) is 0 Å². The third-order valence-electron chi connectivity index (χ3n) is 3.54. The summed E-state index contributed by atoms with van der Waals surface area (Å²) in [4.78, 5) is 17.2. The molecule has 0 saturated heterocycles. The number of aliphatic hydroxyl groups is 1. The van der Waals surface area contributed by atoms with Gasteiger partial charge in [0.1, 0.15) is 6.33 Å². The van der Waals surface area contributed by atoms with Crippen LogP contribution in [0.15, 0.2) is 54.2 Å². The highest BCUT2D eigenvalue weighted by Gasteiger charge is 2.18. The van der Waals surface area contributed by atoms with E-state index in [1.807, 2.05) is 54.8 Å². The second-order valence-corrected chi connectivity index (χ2v) is 6.47. The Labute approximate surface area is 143 Å². The molecule has 0 saturated carbocycles. The van der Waals surface area contributed by atoms with Crippen LogP contribution < -0.4 is 5.32 Å². The normalized spacial score (nSPS) is 13.4. The van der Waals surface area contributed by atoms with Gasteiger partial charge in [0.2, 0.25) is 5.82 Å². The van der Waals surface area contributed by atoms with Gasteiger partial charge in [-0.3, -0.25) is 4.79 Å². The molecule has 0 bridgehead atoms. The van der Waals surface area contributed by atoms with Gasteiger partial charge in [0, 0.05) is 10.9 Å². The number of rotatable bonds is 6. The molecule has 124 valence electrons. The zero-order chi connectivity index (χ0) is 16.9. The molecule has 2 aromatic heterocycles. The molecular formula is C17H18N4O2S. The third-order valence-corrected chi connectivity index (χ3v) is 4.52. The van der Waals surface area contributed by atoms with Gasteiger partial charge in [-0.1, -0.05) is 24.3 Å². The van der Waals surface area contributed by atoms with E-state index < -0.39 is 6.10 Å². The summed E-state index contributed by atoms with van der Waals surface area (Å²) >= 11 is 1.50. The topological polar surface area (TPSA) is 80.0 Å². The maximum atomic E-state index is 12.2. The van der Waals surface area contributed by atoms with Gasteiger partial charge in [-0.2, -0.15) is 0 Å². The fourth-order valence-electron chi connectivity index (χ4n) is 2.35. The first-order valence-electron chi connectivity index (χ1n) is 7.63. The van der Waals surface area contributed by atoms with Crippen LogP contribution >= 0.6 is 11.3 Å². The van der Waals surface area contributed by atoms with Crippen molar-refractivity contribution in [2.24, 2.45) is 0 Å². The quantitative estimate of drug-likeness (QED) is 0.721. The van der Waals surface area contributed by atoms with Crippen molar-refractivity contribution >= 4 is 17.2 Å². The number of benzene rings is 1. The predicted octanol–water partition coefficient (Wildman–Crippen LogP) is 2.57. The summed E-state index contributed by atoms with van der Waals surface area (Å²) in [5, 5.41) is 19.1. The lowest BCUT2D eigenvalue weighted by molar-refractivity contribution is 0.0908. The number of aliphatic hydroxyl groups excluding tert-OH is 1. The zero-order valence-corrected chi connectivity index (χ0v) is 14.0. The van der Waals surface area contributed by atoms with Crippen LogP contribution in [0.25, 0.3) is 5.69 Å². The average molecular weight is 342 g/mol. The first-order chi connectivity index (χ1) is 11.6. The van der Waals surface area contributed by atoms with Crippen molar-refractivity contribution < 1.29 is 9.90 Å². The highest BCUT2D eigenvalue weighted by atomic mass is 32.1. The van der Waals surface area contributed by atoms with E-state index >= 15 is 0 Å². The van der Waals surface area contributed by atoms with Crippen molar-refractivity contribution in [2.45, 2.75) is 25.5 Å². The Hall–Kier alpha value is -2.51. The molecule has 0 radical (unpaired) electrons. The number of thiophene rings is 1. The Morgan fingerprint density at radius 2 is 2.08 bits per heavy atom. The molecule has 7 heteroatoms. The molecule has 24 heavy (non-hydrogen) atoms. The molecule has 2 atom stereocenters. The van der Waals surface area contributed by atoms with E-state index in [4.69, 9.17) is 0 Å². The van der Waals surface area contributed by atoms with Crippen molar-refractivity contribution in [1.29, 1.82) is 0 Å². The van der Waals surface area contributed by atoms with Crippen LogP contribution in [0.4, 0.5) is 0 Å². The van der Waals surface area contributed by atoms with Crippen LogP contribution in [0.3, 0.4) is 0 Å². The van der Waals surface area contributed by atoms with Gasteiger partial charge in [-0.05, 0) is 36.9 Å². The van der Waals surface area contributed by atoms with Gasteiger partial charge in [0.05, 0.1) is 11.8 Å². The van der Waals surface area contributed by atoms with Crippen molar-refractivity contribution in [3.8, 4) is 5.69 Å². The highest BCUT2D eigenvalue weighted by molar-refractivity contribution is 7.10. The molecule has 0 aliphatic carbocycles. The lowest BCUT2D eigenvalue weighted by Crippen LogP contribution is -2.34. The fraction of sp³-hybridized carbons (Fsp3) is 0.235. The smallest absolute Gasteiger partial charge is 0.291 e. The SMILES string of the molecule is CC(CC(O)c1cccs1)NC(=O)c1ncn(-c2ccccc2)n1. The average Bonchev–Trinajstić information content (AvgIpc) is 3.27. The third kappa shape index (κ3) is 3.87. The molecule has 0 fully saturated rings. The van der Waals surface area contributed by atoms with E-state index in [1.165, 1.54) is 17.7 Å². The minimum absolute atomic E-state index is 0.108. The molecule has 1 amide bonds. The molecule has 3 aromatic rings. The number of nitrogens with one attached hydrogen (secondary N) is 1. The predicted molar refractivity (Wildman–Crippen MR) is 92.2 cm³/mol. The van der Waals surface area contributed by atoms with Gasteiger partial charge in [0.25, 0.3) is 5.91 Å². The number of amides is 1. The number of nitrogens with zero attached hydrogens (tertiary/aromatic N) is 3. The lowest BCUT2D eigenvalue weighted by atomic mass is 10.1. The largest absolute Gasteiger partial charge is 0.387 e. The van der Waals surface area contributed by atoms with Crippen molar-refractivity contribution in [2.75, 3.05) is 0 Å². The van der Waals surface area contributed by atoms with Gasteiger partial charge >= 0.3 is 0 Å². The number of para-hydroxylation sites is 1. The number of aromatic nitrogens is 3. The number of hydrogen-bond donors (Lipinski definition) is 2. The number of hydrogen-bond acceptors (Lipinski definition) is 5. The first-order valence-corrected chi connectivity index (χ1v) is 8.51. The highest BCUT2D eigenvalue weighted by Crippen LogP contribution is 2.22. The molecule has 2 N–H and O–H groups in total. The Kier molecular flexibility index (Phi) is 5.02. The molecule has 3 rings (SSSR count). The van der Waals surface area contributed by atoms with Gasteiger partial charge < -0.3 is 10.4 Å². The minimum atomic E-state index is -0.588. The molecule has 0 aliphatic heterocycles. The van der Waals surface area contributed by atoms with Crippen LogP contribution in [0.1, 0.15) is 34.9 Å². The second kappa shape index (κ2) is 7.37. The van der Waals surface area contributed by atoms with Gasteiger partial charge in [-0.15, -0.1) is 16.4 Å². The van der Waals surface area contributed by atoms with E-state index in [0.29, 0.717) is 6.42 Å². The van der Waals surface area contributed by atoms with E-state index in [-0.39, 0.29) is 17.8 Å². The van der Waals surface area contributed by atoms with Crippen LogP contribution in [0, 0.1) is 0 Å². The van der Waals surface area contributed by atoms with Crippen LogP contribution in [0.5, 0.6) is 0 Å². The Morgan fingerprint density at radius 3 is 2.79 bits per heavy atom. The molecule has 6 nitrogen and oxygen atoms in total. The fourth-order valence-corrected chi connectivity index (χ4v) is 3.08. The molecule has 2 heterocycles. The summed E-state index contributed by atoms with van der Waals surface area (Å²) in [6, 6.07) is 13.1. The van der Waals surface area contributed by atoms with Gasteiger partial charge in [0.15, 0.2) is 0 Å². The lowest BCUT2D eigenvalue weighted by Gasteiger charge is -2.16. The number of carbonyl (C=O) groups is 1. The molecular weight excluding hydrogens is 324 g/mol. The van der Waals surface area contributed by atoms with Crippen molar-refractivity contribution in [1.82, 2.24) is 20.1 Å². The maximum absolute atomic E-state index is 12.2. The van der Waals surface area contributed by atoms with E-state index in [9.17, 15) is 9.90 Å². The van der Waals surface area contributed by atoms with E-state index in [0.717, 1.165) is 10.6 Å². The zero-order valence-electron chi connectivity index (χ0n) is 13.2. The summed E-state index contributed by atoms with van der Waals surface area (Å²) in [7, 11) is 0. The maximum Gasteiger partial charge on any atom is 0.291 e. The molecule has 1 aromatic carbocycles. The van der Waals surface area contributed by atoms with E-state index in [2.05, 4.69) is 15.4 Å². The monoisotopic (exact) mass is 342 g/mol. The minimum Gasteiger partial charge on any atom is -0.387 e. The van der Waals surface area contributed by atoms with E-state index in [1.54, 1.807) is 4.68 Å². The van der Waals surface area contributed by atoms with Crippen LogP contribution in [0.2, 0.25) is 0 Å². The van der Waals surface area contributed by atoms with Crippen LogP contribution in [-0.4, -0.2) is 31.8 Å². The van der Waals surface area contributed by atoms with Gasteiger partial charge in [-0.25, -0.2) is 9.67 Å². The Balaban J connectivity index is 1.60. The Bertz CT molecular complexity index is 786. The molecule has 2 unspecified atom stereocenters. The first kappa shape index (κ1) is 16.4. The standard InChI is InChI=1S/C17H18N4O2S/c1-12(10-14(22)15-8-5-9-24-15)19-17(23)16-18-11-21(20-16)13-6-3-2-4-7-13/h2-9,11-12,14,22H,10H2,1H3,(H,19,23). The molecule has 0 aliphatic rings. The van der Waals surface area contributed by atoms with Crippen molar-refractivity contribution in [3.05, 3.63) is 64.9 Å².